The Morgan fingerprint density at radius 3 is 2.41 bits per heavy atom. The van der Waals surface area contributed by atoms with E-state index in [0.29, 0.717) is 0 Å². The van der Waals surface area contributed by atoms with Gasteiger partial charge in [-0.15, -0.1) is 0 Å². The Balaban J connectivity index is 1.92. The number of hydrogen-bond acceptors (Lipinski definition) is 2. The molecule has 1 N–H and O–H groups in total. The van der Waals surface area contributed by atoms with E-state index in [4.69, 9.17) is 0 Å². The molecule has 0 aromatic heterocycles. The Bertz CT molecular complexity index is 213. The molecule has 0 radical (unpaired) electrons. The average Bonchev–Trinajstić information content (AvgIpc) is 3.18. The maximum atomic E-state index is 3.80. The van der Waals surface area contributed by atoms with Gasteiger partial charge < -0.3 is 5.32 Å². The van der Waals surface area contributed by atoms with Gasteiger partial charge in [0.1, 0.15) is 0 Å². The first-order valence-electron chi connectivity index (χ1n) is 7.86. The average molecular weight is 238 g/mol. The van der Waals surface area contributed by atoms with Crippen LogP contribution in [0.2, 0.25) is 0 Å². The van der Waals surface area contributed by atoms with Crippen molar-refractivity contribution in [1.82, 2.24) is 10.2 Å². The van der Waals surface area contributed by atoms with Crippen molar-refractivity contribution >= 4 is 0 Å². The summed E-state index contributed by atoms with van der Waals surface area (Å²) in [5.41, 5.74) is 0. The van der Waals surface area contributed by atoms with Crippen LogP contribution in [0.5, 0.6) is 0 Å². The SMILES string of the molecule is CCCNC1CCCCC1N(CCC)C1CC1. The molecule has 0 amide bonds. The number of nitrogens with zero attached hydrogens (tertiary/aromatic N) is 1. The maximum absolute atomic E-state index is 3.80. The Labute approximate surface area is 107 Å². The van der Waals surface area contributed by atoms with Gasteiger partial charge in [0.15, 0.2) is 0 Å². The van der Waals surface area contributed by atoms with Crippen molar-refractivity contribution in [2.75, 3.05) is 13.1 Å². The number of hydrogen-bond donors (Lipinski definition) is 1. The molecular formula is C15H30N2. The fraction of sp³-hybridized carbons (Fsp3) is 1.00. The first kappa shape index (κ1) is 13.4. The van der Waals surface area contributed by atoms with Crippen LogP contribution in [0.1, 0.15) is 65.2 Å². The molecule has 0 bridgehead atoms. The Morgan fingerprint density at radius 1 is 1.00 bits per heavy atom. The molecule has 2 rings (SSSR count). The molecule has 2 nitrogen and oxygen atoms in total. The minimum atomic E-state index is 0.774. The van der Waals surface area contributed by atoms with Crippen LogP contribution in [0, 0.1) is 0 Å². The Morgan fingerprint density at radius 2 is 1.76 bits per heavy atom. The van der Waals surface area contributed by atoms with E-state index in [1.165, 1.54) is 64.5 Å². The summed E-state index contributed by atoms with van der Waals surface area (Å²) in [6.45, 7) is 7.12. The normalized spacial score (nSPS) is 29.8. The minimum Gasteiger partial charge on any atom is -0.312 e. The molecule has 0 aromatic rings. The van der Waals surface area contributed by atoms with Crippen LogP contribution in [-0.4, -0.2) is 36.1 Å². The quantitative estimate of drug-likeness (QED) is 0.733. The van der Waals surface area contributed by atoms with Gasteiger partial charge in [0.25, 0.3) is 0 Å². The Hall–Kier alpha value is -0.0800. The molecule has 0 heterocycles. The molecule has 2 aliphatic rings. The second-order valence-electron chi connectivity index (χ2n) is 5.88. The first-order valence-corrected chi connectivity index (χ1v) is 7.86. The fourth-order valence-electron chi connectivity index (χ4n) is 3.36. The van der Waals surface area contributed by atoms with Crippen LogP contribution in [0.15, 0.2) is 0 Å². The molecule has 2 aliphatic carbocycles. The molecule has 2 heteroatoms. The van der Waals surface area contributed by atoms with Crippen LogP contribution in [0.25, 0.3) is 0 Å². The smallest absolute Gasteiger partial charge is 0.0252 e. The highest BCUT2D eigenvalue weighted by atomic mass is 15.2. The van der Waals surface area contributed by atoms with Gasteiger partial charge in [-0.05, 0) is 51.6 Å². The van der Waals surface area contributed by atoms with E-state index >= 15 is 0 Å². The molecule has 2 atom stereocenters. The number of rotatable bonds is 7. The molecule has 2 saturated carbocycles. The standard InChI is InChI=1S/C15H30N2/c1-3-11-16-14-7-5-6-8-15(14)17(12-4-2)13-9-10-13/h13-16H,3-12H2,1-2H3. The maximum Gasteiger partial charge on any atom is 0.0252 e. The third-order valence-electron chi connectivity index (χ3n) is 4.31. The van der Waals surface area contributed by atoms with Gasteiger partial charge in [-0.2, -0.15) is 0 Å². The molecular weight excluding hydrogens is 208 g/mol. The second kappa shape index (κ2) is 6.75. The van der Waals surface area contributed by atoms with Gasteiger partial charge in [-0.3, -0.25) is 4.90 Å². The van der Waals surface area contributed by atoms with E-state index in [1.807, 2.05) is 0 Å². The van der Waals surface area contributed by atoms with Gasteiger partial charge in [0, 0.05) is 18.1 Å². The van der Waals surface area contributed by atoms with Crippen LogP contribution in [0.3, 0.4) is 0 Å². The summed E-state index contributed by atoms with van der Waals surface area (Å²) in [6, 6.07) is 2.54. The van der Waals surface area contributed by atoms with Gasteiger partial charge in [0.2, 0.25) is 0 Å². The van der Waals surface area contributed by atoms with Crippen molar-refractivity contribution in [3.63, 3.8) is 0 Å². The fourth-order valence-corrected chi connectivity index (χ4v) is 3.36. The lowest BCUT2D eigenvalue weighted by molar-refractivity contribution is 0.114. The second-order valence-corrected chi connectivity index (χ2v) is 5.88. The van der Waals surface area contributed by atoms with Crippen LogP contribution in [0.4, 0.5) is 0 Å². The lowest BCUT2D eigenvalue weighted by Crippen LogP contribution is -2.53. The number of nitrogens with one attached hydrogen (secondary N) is 1. The Kier molecular flexibility index (Phi) is 5.30. The molecule has 2 unspecified atom stereocenters. The lowest BCUT2D eigenvalue weighted by Gasteiger charge is -2.40. The van der Waals surface area contributed by atoms with Gasteiger partial charge >= 0.3 is 0 Å². The van der Waals surface area contributed by atoms with Crippen molar-refractivity contribution in [2.24, 2.45) is 0 Å². The molecule has 0 saturated heterocycles. The first-order chi connectivity index (χ1) is 8.36. The predicted octanol–water partition coefficient (Wildman–Crippen LogP) is 3.17. The van der Waals surface area contributed by atoms with Crippen molar-refractivity contribution in [1.29, 1.82) is 0 Å². The van der Waals surface area contributed by atoms with Crippen LogP contribution in [-0.2, 0) is 0 Å². The summed E-state index contributed by atoms with van der Waals surface area (Å²) >= 11 is 0. The van der Waals surface area contributed by atoms with E-state index in [2.05, 4.69) is 24.1 Å². The molecule has 17 heavy (non-hydrogen) atoms. The minimum absolute atomic E-state index is 0.774. The van der Waals surface area contributed by atoms with Gasteiger partial charge in [0.05, 0.1) is 0 Å². The van der Waals surface area contributed by atoms with Gasteiger partial charge in [-0.1, -0.05) is 26.7 Å². The van der Waals surface area contributed by atoms with E-state index in [9.17, 15) is 0 Å². The third kappa shape index (κ3) is 3.69. The summed E-state index contributed by atoms with van der Waals surface area (Å²) in [5.74, 6) is 0. The molecule has 2 fully saturated rings. The van der Waals surface area contributed by atoms with E-state index in [-0.39, 0.29) is 0 Å². The summed E-state index contributed by atoms with van der Waals surface area (Å²) in [5, 5.41) is 3.80. The summed E-state index contributed by atoms with van der Waals surface area (Å²) in [4.78, 5) is 2.84. The molecule has 0 aliphatic heterocycles. The van der Waals surface area contributed by atoms with Crippen molar-refractivity contribution in [2.45, 2.75) is 83.3 Å². The molecule has 0 spiro atoms. The van der Waals surface area contributed by atoms with Crippen molar-refractivity contribution < 1.29 is 0 Å². The highest BCUT2D eigenvalue weighted by Crippen LogP contribution is 2.33. The molecule has 0 aromatic carbocycles. The van der Waals surface area contributed by atoms with Crippen molar-refractivity contribution in [3.8, 4) is 0 Å². The van der Waals surface area contributed by atoms with Crippen LogP contribution >= 0.6 is 0 Å². The topological polar surface area (TPSA) is 15.3 Å². The highest BCUT2D eigenvalue weighted by Gasteiger charge is 2.37. The highest BCUT2D eigenvalue weighted by molar-refractivity contribution is 4.95. The van der Waals surface area contributed by atoms with E-state index in [0.717, 1.165) is 18.1 Å². The zero-order valence-corrected chi connectivity index (χ0v) is 11.8. The summed E-state index contributed by atoms with van der Waals surface area (Å²) in [7, 11) is 0. The lowest BCUT2D eigenvalue weighted by atomic mass is 9.88. The van der Waals surface area contributed by atoms with E-state index in [1.54, 1.807) is 0 Å². The monoisotopic (exact) mass is 238 g/mol. The van der Waals surface area contributed by atoms with Crippen molar-refractivity contribution in [3.05, 3.63) is 0 Å². The van der Waals surface area contributed by atoms with Gasteiger partial charge in [-0.25, -0.2) is 0 Å². The largest absolute Gasteiger partial charge is 0.312 e. The summed E-state index contributed by atoms with van der Waals surface area (Å²) in [6.07, 6.45) is 11.2. The van der Waals surface area contributed by atoms with E-state index < -0.39 is 0 Å². The molecule has 100 valence electrons. The zero-order chi connectivity index (χ0) is 12.1. The predicted molar refractivity (Wildman–Crippen MR) is 74.4 cm³/mol. The van der Waals surface area contributed by atoms with Crippen LogP contribution < -0.4 is 5.32 Å². The summed E-state index contributed by atoms with van der Waals surface area (Å²) < 4.78 is 0. The zero-order valence-electron chi connectivity index (χ0n) is 11.8. The third-order valence-corrected chi connectivity index (χ3v) is 4.31.